The van der Waals surface area contributed by atoms with Gasteiger partial charge in [0.2, 0.25) is 0 Å². The molecule has 0 atom stereocenters. The van der Waals surface area contributed by atoms with Gasteiger partial charge < -0.3 is 10.7 Å². The second kappa shape index (κ2) is 6.53. The van der Waals surface area contributed by atoms with Gasteiger partial charge in [-0.3, -0.25) is 4.68 Å². The number of hydrogen-bond donors (Lipinski definition) is 3. The number of aryl methyl sites for hydroxylation is 4. The van der Waals surface area contributed by atoms with Crippen molar-refractivity contribution in [2.45, 2.75) is 40.7 Å². The van der Waals surface area contributed by atoms with E-state index in [0.717, 1.165) is 36.6 Å². The highest BCUT2D eigenvalue weighted by Crippen LogP contribution is 2.18. The minimum absolute atomic E-state index is 0.656. The van der Waals surface area contributed by atoms with Crippen LogP contribution in [-0.4, -0.2) is 26.3 Å². The zero-order chi connectivity index (χ0) is 15.4. The molecule has 0 fully saturated rings. The van der Waals surface area contributed by atoms with Gasteiger partial charge >= 0.3 is 0 Å². The van der Waals surface area contributed by atoms with E-state index in [1.807, 2.05) is 25.5 Å². The molecule has 7 nitrogen and oxygen atoms in total. The van der Waals surface area contributed by atoms with Gasteiger partial charge in [-0.15, -0.1) is 0 Å². The Morgan fingerprint density at radius 3 is 2.48 bits per heavy atom. The van der Waals surface area contributed by atoms with Crippen LogP contribution in [0.2, 0.25) is 0 Å². The van der Waals surface area contributed by atoms with Crippen LogP contribution in [0, 0.1) is 27.7 Å². The minimum Gasteiger partial charge on any atom is -0.370 e. The molecule has 0 aliphatic carbocycles. The first-order valence-electron chi connectivity index (χ1n) is 7.08. The zero-order valence-corrected chi connectivity index (χ0v) is 13.1. The monoisotopic (exact) mass is 289 g/mol. The van der Waals surface area contributed by atoms with Crippen LogP contribution in [0.1, 0.15) is 29.2 Å². The van der Waals surface area contributed by atoms with Crippen molar-refractivity contribution < 1.29 is 0 Å². The maximum atomic E-state index is 5.46. The summed E-state index contributed by atoms with van der Waals surface area (Å²) in [5.41, 5.74) is 5.77. The molecule has 2 aromatic heterocycles. The minimum atomic E-state index is 0.656. The van der Waals surface area contributed by atoms with Gasteiger partial charge in [-0.25, -0.2) is 15.8 Å². The first-order chi connectivity index (χ1) is 10.0. The predicted octanol–water partition coefficient (Wildman–Crippen LogP) is 1.69. The average Bonchev–Trinajstić information content (AvgIpc) is 2.76. The molecule has 0 aliphatic heterocycles. The van der Waals surface area contributed by atoms with Crippen LogP contribution in [0.4, 0.5) is 11.6 Å². The molecular formula is C14H23N7. The number of hydrazine groups is 1. The number of anilines is 2. The molecule has 0 aliphatic rings. The molecule has 2 heterocycles. The fourth-order valence-electron chi connectivity index (χ4n) is 2.28. The number of nitrogens with zero attached hydrogens (tertiary/aromatic N) is 4. The van der Waals surface area contributed by atoms with Crippen molar-refractivity contribution >= 4 is 11.6 Å². The van der Waals surface area contributed by atoms with Gasteiger partial charge in [-0.1, -0.05) is 0 Å². The normalized spacial score (nSPS) is 10.7. The number of nitrogens with two attached hydrogens (primary N) is 1. The van der Waals surface area contributed by atoms with Crippen molar-refractivity contribution in [1.82, 2.24) is 19.7 Å². The van der Waals surface area contributed by atoms with E-state index in [0.29, 0.717) is 11.6 Å². The van der Waals surface area contributed by atoms with Crippen molar-refractivity contribution in [1.29, 1.82) is 0 Å². The molecule has 2 aromatic rings. The van der Waals surface area contributed by atoms with Crippen LogP contribution in [0.3, 0.4) is 0 Å². The Kier molecular flexibility index (Phi) is 4.74. The van der Waals surface area contributed by atoms with Gasteiger partial charge in [-0.05, 0) is 40.2 Å². The summed E-state index contributed by atoms with van der Waals surface area (Å²) in [4.78, 5) is 8.65. The highest BCUT2D eigenvalue weighted by Gasteiger charge is 2.07. The highest BCUT2D eigenvalue weighted by atomic mass is 15.3. The van der Waals surface area contributed by atoms with Crippen molar-refractivity contribution in [2.75, 3.05) is 17.3 Å². The van der Waals surface area contributed by atoms with Gasteiger partial charge in [0, 0.05) is 24.3 Å². The number of nitrogens with one attached hydrogen (secondary N) is 2. The lowest BCUT2D eigenvalue weighted by Crippen LogP contribution is -2.15. The molecule has 4 N–H and O–H groups in total. The summed E-state index contributed by atoms with van der Waals surface area (Å²) in [6.07, 6.45) is 0.968. The summed E-state index contributed by atoms with van der Waals surface area (Å²) in [5.74, 6) is 7.63. The second-order valence-corrected chi connectivity index (χ2v) is 5.17. The lowest BCUT2D eigenvalue weighted by atomic mass is 10.3. The Balaban J connectivity index is 1.92. The standard InChI is InChI=1S/C14H23N7/c1-9-8-10(2)21(20-9)7-5-6-16-13-11(3)14(19-15)18-12(4)17-13/h8H,5-7,15H2,1-4H3,(H2,16,17,18,19). The van der Waals surface area contributed by atoms with Crippen molar-refractivity contribution in [3.8, 4) is 0 Å². The fraction of sp³-hybridized carbons (Fsp3) is 0.500. The molecule has 0 bridgehead atoms. The lowest BCUT2D eigenvalue weighted by Gasteiger charge is -2.12. The Labute approximate surface area is 124 Å². The third-order valence-corrected chi connectivity index (χ3v) is 3.34. The van der Waals surface area contributed by atoms with Gasteiger partial charge in [0.1, 0.15) is 17.5 Å². The summed E-state index contributed by atoms with van der Waals surface area (Å²) < 4.78 is 2.03. The average molecular weight is 289 g/mol. The predicted molar refractivity (Wildman–Crippen MR) is 84.1 cm³/mol. The zero-order valence-electron chi connectivity index (χ0n) is 13.1. The van der Waals surface area contributed by atoms with Crippen molar-refractivity contribution in [3.63, 3.8) is 0 Å². The van der Waals surface area contributed by atoms with E-state index in [-0.39, 0.29) is 0 Å². The molecule has 2 rings (SSSR count). The fourth-order valence-corrected chi connectivity index (χ4v) is 2.28. The lowest BCUT2D eigenvalue weighted by molar-refractivity contribution is 0.573. The third-order valence-electron chi connectivity index (χ3n) is 3.34. The van der Waals surface area contributed by atoms with Gasteiger partial charge in [-0.2, -0.15) is 5.10 Å². The van der Waals surface area contributed by atoms with Crippen LogP contribution in [-0.2, 0) is 6.54 Å². The van der Waals surface area contributed by atoms with Crippen LogP contribution in [0.15, 0.2) is 6.07 Å². The van der Waals surface area contributed by atoms with E-state index in [1.165, 1.54) is 5.69 Å². The number of nitrogen functional groups attached to an aromatic ring is 1. The highest BCUT2D eigenvalue weighted by molar-refractivity contribution is 5.56. The van der Waals surface area contributed by atoms with Crippen LogP contribution in [0.25, 0.3) is 0 Å². The summed E-state index contributed by atoms with van der Waals surface area (Å²) in [6.45, 7) is 9.58. The van der Waals surface area contributed by atoms with E-state index in [2.05, 4.69) is 38.8 Å². The number of aromatic nitrogens is 4. The molecule has 0 spiro atoms. The first-order valence-corrected chi connectivity index (χ1v) is 7.08. The van der Waals surface area contributed by atoms with Crippen LogP contribution >= 0.6 is 0 Å². The molecule has 114 valence electrons. The molecule has 7 heteroatoms. The summed E-state index contributed by atoms with van der Waals surface area (Å²) >= 11 is 0. The quantitative estimate of drug-likeness (QED) is 0.426. The Morgan fingerprint density at radius 2 is 1.86 bits per heavy atom. The molecule has 0 radical (unpaired) electrons. The SMILES string of the molecule is Cc1cc(C)n(CCCNc2nc(C)nc(NN)c2C)n1. The van der Waals surface area contributed by atoms with Crippen molar-refractivity contribution in [3.05, 3.63) is 28.8 Å². The van der Waals surface area contributed by atoms with Gasteiger partial charge in [0.25, 0.3) is 0 Å². The van der Waals surface area contributed by atoms with E-state index < -0.39 is 0 Å². The summed E-state index contributed by atoms with van der Waals surface area (Å²) in [7, 11) is 0. The third kappa shape index (κ3) is 3.69. The Hall–Kier alpha value is -2.15. The molecule has 0 aromatic carbocycles. The smallest absolute Gasteiger partial charge is 0.148 e. The van der Waals surface area contributed by atoms with E-state index in [4.69, 9.17) is 5.84 Å². The molecule has 21 heavy (non-hydrogen) atoms. The van der Waals surface area contributed by atoms with E-state index >= 15 is 0 Å². The van der Waals surface area contributed by atoms with E-state index in [1.54, 1.807) is 0 Å². The molecule has 0 amide bonds. The Morgan fingerprint density at radius 1 is 1.14 bits per heavy atom. The first kappa shape index (κ1) is 15.2. The number of hydrogen-bond acceptors (Lipinski definition) is 6. The maximum Gasteiger partial charge on any atom is 0.148 e. The van der Waals surface area contributed by atoms with Crippen LogP contribution < -0.4 is 16.6 Å². The van der Waals surface area contributed by atoms with Gasteiger partial charge in [0.15, 0.2) is 0 Å². The molecule has 0 unspecified atom stereocenters. The van der Waals surface area contributed by atoms with Crippen molar-refractivity contribution in [2.24, 2.45) is 5.84 Å². The summed E-state index contributed by atoms with van der Waals surface area (Å²) in [6, 6.07) is 2.09. The topological polar surface area (TPSA) is 93.7 Å². The number of rotatable bonds is 6. The largest absolute Gasteiger partial charge is 0.370 e. The van der Waals surface area contributed by atoms with Crippen LogP contribution in [0.5, 0.6) is 0 Å². The molecule has 0 saturated heterocycles. The molecular weight excluding hydrogens is 266 g/mol. The van der Waals surface area contributed by atoms with E-state index in [9.17, 15) is 0 Å². The molecule has 0 saturated carbocycles. The second-order valence-electron chi connectivity index (χ2n) is 5.17. The Bertz CT molecular complexity index is 618. The van der Waals surface area contributed by atoms with Gasteiger partial charge in [0.05, 0.1) is 5.69 Å². The summed E-state index contributed by atoms with van der Waals surface area (Å²) in [5, 5.41) is 7.79. The maximum absolute atomic E-state index is 5.46.